The van der Waals surface area contributed by atoms with E-state index in [0.717, 1.165) is 31.7 Å². The molecule has 2 rings (SSSR count). The van der Waals surface area contributed by atoms with Crippen molar-refractivity contribution in [1.82, 2.24) is 9.80 Å². The van der Waals surface area contributed by atoms with Crippen molar-refractivity contribution in [2.75, 3.05) is 33.2 Å². The standard InChI is InChI=1S/C13H17ClN2O.C2H6/c1-10-3-4-11(12(14)9-10)13(17)16-7-5-15(2)6-8-16;1-2/h3-4,9H,5-8H2,1-2H3;1-2H3. The predicted molar refractivity (Wildman–Crippen MR) is 80.9 cm³/mol. The Kier molecular flexibility index (Phi) is 6.32. The van der Waals surface area contributed by atoms with Crippen LogP contribution in [0, 0.1) is 6.92 Å². The van der Waals surface area contributed by atoms with Crippen molar-refractivity contribution in [3.05, 3.63) is 34.3 Å². The topological polar surface area (TPSA) is 23.6 Å². The SMILES string of the molecule is CC.Cc1ccc(C(=O)N2CCN(C)CC2)c(Cl)c1. The Hall–Kier alpha value is -1.06. The summed E-state index contributed by atoms with van der Waals surface area (Å²) in [7, 11) is 2.07. The van der Waals surface area contributed by atoms with Crippen LogP contribution < -0.4 is 0 Å². The van der Waals surface area contributed by atoms with E-state index >= 15 is 0 Å². The van der Waals surface area contributed by atoms with Crippen LogP contribution in [0.3, 0.4) is 0 Å². The van der Waals surface area contributed by atoms with Gasteiger partial charge in [-0.05, 0) is 31.7 Å². The van der Waals surface area contributed by atoms with Crippen molar-refractivity contribution in [3.63, 3.8) is 0 Å². The van der Waals surface area contributed by atoms with Crippen LogP contribution in [0.25, 0.3) is 0 Å². The first-order chi connectivity index (χ1) is 9.08. The number of halogens is 1. The molecule has 1 heterocycles. The zero-order chi connectivity index (χ0) is 14.4. The largest absolute Gasteiger partial charge is 0.336 e. The van der Waals surface area contributed by atoms with Crippen LogP contribution in [0.1, 0.15) is 29.8 Å². The van der Waals surface area contributed by atoms with Crippen molar-refractivity contribution in [1.29, 1.82) is 0 Å². The summed E-state index contributed by atoms with van der Waals surface area (Å²) in [5.74, 6) is 0.0445. The van der Waals surface area contributed by atoms with Crippen LogP contribution in [0.4, 0.5) is 0 Å². The highest BCUT2D eigenvalue weighted by molar-refractivity contribution is 6.33. The molecular formula is C15H23ClN2O. The van der Waals surface area contributed by atoms with Crippen LogP contribution in [0.15, 0.2) is 18.2 Å². The highest BCUT2D eigenvalue weighted by Crippen LogP contribution is 2.19. The lowest BCUT2D eigenvalue weighted by Gasteiger charge is -2.32. The third-order valence-electron chi connectivity index (χ3n) is 3.15. The number of rotatable bonds is 1. The van der Waals surface area contributed by atoms with Crippen LogP contribution >= 0.6 is 11.6 Å². The molecule has 0 radical (unpaired) electrons. The van der Waals surface area contributed by atoms with E-state index in [9.17, 15) is 4.79 Å². The third-order valence-corrected chi connectivity index (χ3v) is 3.46. The number of amides is 1. The molecule has 0 unspecified atom stereocenters. The Bertz CT molecular complexity index is 426. The number of likely N-dealkylation sites (N-methyl/N-ethyl adjacent to an activating group) is 1. The molecule has 19 heavy (non-hydrogen) atoms. The minimum atomic E-state index is 0.0445. The van der Waals surface area contributed by atoms with Crippen molar-refractivity contribution in [2.24, 2.45) is 0 Å². The smallest absolute Gasteiger partial charge is 0.255 e. The van der Waals surface area contributed by atoms with E-state index in [1.54, 1.807) is 0 Å². The van der Waals surface area contributed by atoms with E-state index < -0.39 is 0 Å². The van der Waals surface area contributed by atoms with Gasteiger partial charge in [-0.15, -0.1) is 0 Å². The molecule has 1 aliphatic heterocycles. The molecule has 1 saturated heterocycles. The molecule has 0 N–H and O–H groups in total. The lowest BCUT2D eigenvalue weighted by atomic mass is 10.1. The zero-order valence-electron chi connectivity index (χ0n) is 12.2. The average molecular weight is 283 g/mol. The summed E-state index contributed by atoms with van der Waals surface area (Å²) in [5.41, 5.74) is 1.69. The van der Waals surface area contributed by atoms with E-state index in [1.807, 2.05) is 43.9 Å². The number of piperazine rings is 1. The molecule has 106 valence electrons. The number of hydrogen-bond donors (Lipinski definition) is 0. The fourth-order valence-electron chi connectivity index (χ4n) is 1.97. The summed E-state index contributed by atoms with van der Waals surface area (Å²) >= 11 is 6.11. The molecular weight excluding hydrogens is 260 g/mol. The van der Waals surface area contributed by atoms with E-state index in [-0.39, 0.29) is 5.91 Å². The summed E-state index contributed by atoms with van der Waals surface area (Å²) in [5, 5.41) is 0.550. The number of benzene rings is 1. The summed E-state index contributed by atoms with van der Waals surface area (Å²) in [6.45, 7) is 9.37. The van der Waals surface area contributed by atoms with E-state index in [2.05, 4.69) is 11.9 Å². The minimum Gasteiger partial charge on any atom is -0.336 e. The van der Waals surface area contributed by atoms with Gasteiger partial charge in [0, 0.05) is 26.2 Å². The highest BCUT2D eigenvalue weighted by atomic mass is 35.5. The van der Waals surface area contributed by atoms with E-state index in [0.29, 0.717) is 10.6 Å². The van der Waals surface area contributed by atoms with Crippen molar-refractivity contribution >= 4 is 17.5 Å². The molecule has 0 atom stereocenters. The van der Waals surface area contributed by atoms with Crippen LogP contribution in [0.5, 0.6) is 0 Å². The summed E-state index contributed by atoms with van der Waals surface area (Å²) in [6, 6.07) is 5.58. The summed E-state index contributed by atoms with van der Waals surface area (Å²) in [6.07, 6.45) is 0. The van der Waals surface area contributed by atoms with Crippen molar-refractivity contribution < 1.29 is 4.79 Å². The van der Waals surface area contributed by atoms with Gasteiger partial charge in [0.25, 0.3) is 5.91 Å². The van der Waals surface area contributed by atoms with Gasteiger partial charge in [-0.1, -0.05) is 31.5 Å². The summed E-state index contributed by atoms with van der Waals surface area (Å²) in [4.78, 5) is 16.4. The molecule has 1 aliphatic rings. The fourth-order valence-corrected chi connectivity index (χ4v) is 2.29. The fraction of sp³-hybridized carbons (Fsp3) is 0.533. The Morgan fingerprint density at radius 1 is 1.16 bits per heavy atom. The molecule has 0 spiro atoms. The van der Waals surface area contributed by atoms with Crippen molar-refractivity contribution in [2.45, 2.75) is 20.8 Å². The Balaban J connectivity index is 0.000000861. The van der Waals surface area contributed by atoms with Crippen LogP contribution in [-0.2, 0) is 0 Å². The van der Waals surface area contributed by atoms with Gasteiger partial charge < -0.3 is 9.80 Å². The zero-order valence-corrected chi connectivity index (χ0v) is 13.0. The first kappa shape index (κ1) is 16.0. The normalized spacial score (nSPS) is 15.7. The van der Waals surface area contributed by atoms with Crippen molar-refractivity contribution in [3.8, 4) is 0 Å². The average Bonchev–Trinajstić information content (AvgIpc) is 2.41. The molecule has 1 aromatic carbocycles. The van der Waals surface area contributed by atoms with Gasteiger partial charge in [0.2, 0.25) is 0 Å². The number of nitrogens with zero attached hydrogens (tertiary/aromatic N) is 2. The first-order valence-corrected chi connectivity index (χ1v) is 7.19. The second kappa shape index (κ2) is 7.51. The maximum atomic E-state index is 12.3. The van der Waals surface area contributed by atoms with Crippen LogP contribution in [0.2, 0.25) is 5.02 Å². The molecule has 1 amide bonds. The van der Waals surface area contributed by atoms with E-state index in [4.69, 9.17) is 11.6 Å². The lowest BCUT2D eigenvalue weighted by molar-refractivity contribution is 0.0664. The molecule has 3 nitrogen and oxygen atoms in total. The molecule has 0 bridgehead atoms. The molecule has 0 saturated carbocycles. The minimum absolute atomic E-state index is 0.0445. The van der Waals surface area contributed by atoms with Gasteiger partial charge in [-0.25, -0.2) is 0 Å². The Morgan fingerprint density at radius 3 is 2.26 bits per heavy atom. The Labute approximate surface area is 121 Å². The third kappa shape index (κ3) is 4.22. The second-order valence-electron chi connectivity index (χ2n) is 4.58. The molecule has 1 fully saturated rings. The van der Waals surface area contributed by atoms with Gasteiger partial charge in [-0.2, -0.15) is 0 Å². The quantitative estimate of drug-likeness (QED) is 0.790. The number of hydrogen-bond acceptors (Lipinski definition) is 2. The molecule has 4 heteroatoms. The molecule has 1 aromatic rings. The van der Waals surface area contributed by atoms with Gasteiger partial charge in [0.15, 0.2) is 0 Å². The van der Waals surface area contributed by atoms with Gasteiger partial charge >= 0.3 is 0 Å². The van der Waals surface area contributed by atoms with Gasteiger partial charge in [0.1, 0.15) is 0 Å². The summed E-state index contributed by atoms with van der Waals surface area (Å²) < 4.78 is 0. The predicted octanol–water partition coefficient (Wildman–Crippen LogP) is 3.06. The second-order valence-corrected chi connectivity index (χ2v) is 4.99. The molecule has 0 aliphatic carbocycles. The maximum Gasteiger partial charge on any atom is 0.255 e. The first-order valence-electron chi connectivity index (χ1n) is 6.82. The van der Waals surface area contributed by atoms with Gasteiger partial charge in [-0.3, -0.25) is 4.79 Å². The number of aryl methyl sites for hydroxylation is 1. The van der Waals surface area contributed by atoms with E-state index in [1.165, 1.54) is 0 Å². The highest BCUT2D eigenvalue weighted by Gasteiger charge is 2.21. The Morgan fingerprint density at radius 2 is 1.74 bits per heavy atom. The van der Waals surface area contributed by atoms with Crippen LogP contribution in [-0.4, -0.2) is 48.9 Å². The number of carbonyl (C=O) groups excluding carboxylic acids is 1. The molecule has 0 aromatic heterocycles. The van der Waals surface area contributed by atoms with Gasteiger partial charge in [0.05, 0.1) is 10.6 Å². The monoisotopic (exact) mass is 282 g/mol. The number of carbonyl (C=O) groups is 1. The maximum absolute atomic E-state index is 12.3. The lowest BCUT2D eigenvalue weighted by Crippen LogP contribution is -2.47.